The minimum absolute atomic E-state index is 0. The summed E-state index contributed by atoms with van der Waals surface area (Å²) in [6.07, 6.45) is 6.29. The smallest absolute Gasteiger partial charge is 0.191 e. The molecule has 0 saturated carbocycles. The van der Waals surface area contributed by atoms with Gasteiger partial charge >= 0.3 is 0 Å². The van der Waals surface area contributed by atoms with Gasteiger partial charge in [-0.15, -0.1) is 35.3 Å². The summed E-state index contributed by atoms with van der Waals surface area (Å²) >= 11 is 1.88. The normalized spacial score (nSPS) is 21.6. The van der Waals surface area contributed by atoms with Crippen LogP contribution >= 0.6 is 35.3 Å². The third kappa shape index (κ3) is 7.67. The lowest BCUT2D eigenvalue weighted by Crippen LogP contribution is -2.50. The van der Waals surface area contributed by atoms with Gasteiger partial charge in [0, 0.05) is 37.6 Å². The molecule has 7 heteroatoms. The highest BCUT2D eigenvalue weighted by Gasteiger charge is 2.26. The lowest BCUT2D eigenvalue weighted by molar-refractivity contribution is 0.140. The molecular weight excluding hydrogens is 493 g/mol. The predicted octanol–water partition coefficient (Wildman–Crippen LogP) is 4.18. The molecule has 0 amide bonds. The average molecular weight is 534 g/mol. The summed E-state index contributed by atoms with van der Waals surface area (Å²) in [7, 11) is 1.89. The minimum atomic E-state index is 0. The molecule has 1 unspecified atom stereocenters. The third-order valence-electron chi connectivity index (χ3n) is 6.29. The van der Waals surface area contributed by atoms with Crippen LogP contribution in [0.1, 0.15) is 56.9 Å². The Kier molecular flexibility index (Phi) is 11.3. The second-order valence-corrected chi connectivity index (χ2v) is 9.44. The molecule has 0 aromatic carbocycles. The van der Waals surface area contributed by atoms with Crippen molar-refractivity contribution >= 4 is 41.3 Å². The Labute approximate surface area is 198 Å². The van der Waals surface area contributed by atoms with Crippen LogP contribution < -0.4 is 10.6 Å². The van der Waals surface area contributed by atoms with Crippen LogP contribution in [0.15, 0.2) is 22.5 Å². The second-order valence-electron chi connectivity index (χ2n) is 8.46. The molecule has 3 heterocycles. The average Bonchev–Trinajstić information content (AvgIpc) is 3.24. The number of nitrogens with one attached hydrogen (secondary N) is 2. The molecule has 0 radical (unpaired) electrons. The maximum absolute atomic E-state index is 4.51. The third-order valence-corrected chi connectivity index (χ3v) is 7.26. The summed E-state index contributed by atoms with van der Waals surface area (Å²) in [5.41, 5.74) is 0. The zero-order chi connectivity index (χ0) is 19.8. The molecule has 1 atom stereocenters. The van der Waals surface area contributed by atoms with Crippen LogP contribution in [-0.2, 0) is 0 Å². The van der Waals surface area contributed by atoms with E-state index < -0.39 is 0 Å². The van der Waals surface area contributed by atoms with E-state index in [1.165, 1.54) is 69.7 Å². The lowest BCUT2D eigenvalue weighted by Gasteiger charge is -2.37. The molecule has 2 fully saturated rings. The summed E-state index contributed by atoms with van der Waals surface area (Å²) < 4.78 is 0. The Morgan fingerprint density at radius 3 is 2.52 bits per heavy atom. The van der Waals surface area contributed by atoms with E-state index in [-0.39, 0.29) is 24.0 Å². The number of guanidine groups is 1. The van der Waals surface area contributed by atoms with E-state index in [1.807, 2.05) is 18.4 Å². The van der Waals surface area contributed by atoms with Gasteiger partial charge in [0.05, 0.1) is 6.04 Å². The summed E-state index contributed by atoms with van der Waals surface area (Å²) in [5, 5.41) is 9.52. The van der Waals surface area contributed by atoms with Crippen molar-refractivity contribution in [1.82, 2.24) is 20.4 Å². The predicted molar refractivity (Wildman–Crippen MR) is 137 cm³/mol. The van der Waals surface area contributed by atoms with Crippen molar-refractivity contribution in [3.63, 3.8) is 0 Å². The Bertz CT molecular complexity index is 578. The zero-order valence-electron chi connectivity index (χ0n) is 18.4. The van der Waals surface area contributed by atoms with Crippen LogP contribution in [0.5, 0.6) is 0 Å². The number of piperidine rings is 2. The van der Waals surface area contributed by atoms with Crippen LogP contribution in [0.25, 0.3) is 0 Å². The Balaban J connectivity index is 0.00000300. The Morgan fingerprint density at radius 2 is 1.93 bits per heavy atom. The summed E-state index contributed by atoms with van der Waals surface area (Å²) in [6, 6.07) is 5.44. The largest absolute Gasteiger partial charge is 0.354 e. The molecule has 5 nitrogen and oxygen atoms in total. The van der Waals surface area contributed by atoms with Crippen molar-refractivity contribution < 1.29 is 0 Å². The molecule has 0 aliphatic carbocycles. The van der Waals surface area contributed by atoms with Crippen molar-refractivity contribution in [2.24, 2.45) is 10.9 Å². The van der Waals surface area contributed by atoms with Gasteiger partial charge in [0.2, 0.25) is 0 Å². The number of aliphatic imine (C=N–C) groups is 1. The maximum Gasteiger partial charge on any atom is 0.191 e. The molecule has 0 spiro atoms. The van der Waals surface area contributed by atoms with Gasteiger partial charge in [-0.25, -0.2) is 0 Å². The van der Waals surface area contributed by atoms with Crippen LogP contribution in [0.3, 0.4) is 0 Å². The molecule has 29 heavy (non-hydrogen) atoms. The Hall–Kier alpha value is -0.380. The monoisotopic (exact) mass is 533 g/mol. The molecule has 166 valence electrons. The van der Waals surface area contributed by atoms with Gasteiger partial charge in [-0.05, 0) is 69.1 Å². The highest BCUT2D eigenvalue weighted by Crippen LogP contribution is 2.29. The van der Waals surface area contributed by atoms with Crippen molar-refractivity contribution in [3.8, 4) is 0 Å². The number of nitrogens with zero attached hydrogens (tertiary/aromatic N) is 3. The van der Waals surface area contributed by atoms with Crippen molar-refractivity contribution in [1.29, 1.82) is 0 Å². The SMILES string of the molecule is CCCN1CCC(NC(=NC)NCC(c2cccs2)N2CCC(C)CC2)CC1.I. The molecule has 2 aliphatic rings. The first-order chi connectivity index (χ1) is 13.7. The fourth-order valence-electron chi connectivity index (χ4n) is 4.43. The van der Waals surface area contributed by atoms with Crippen LogP contribution in [0.2, 0.25) is 0 Å². The van der Waals surface area contributed by atoms with E-state index in [0.717, 1.165) is 18.4 Å². The molecule has 2 N–H and O–H groups in total. The van der Waals surface area contributed by atoms with E-state index in [9.17, 15) is 0 Å². The topological polar surface area (TPSA) is 42.9 Å². The fourth-order valence-corrected chi connectivity index (χ4v) is 5.29. The Morgan fingerprint density at radius 1 is 1.21 bits per heavy atom. The maximum atomic E-state index is 4.51. The summed E-state index contributed by atoms with van der Waals surface area (Å²) in [4.78, 5) is 11.2. The first kappa shape index (κ1) is 24.9. The molecule has 1 aromatic heterocycles. The summed E-state index contributed by atoms with van der Waals surface area (Å²) in [5.74, 6) is 1.82. The second kappa shape index (κ2) is 13.1. The highest BCUT2D eigenvalue weighted by atomic mass is 127. The van der Waals surface area contributed by atoms with E-state index >= 15 is 0 Å². The van der Waals surface area contributed by atoms with E-state index in [1.54, 1.807) is 0 Å². The van der Waals surface area contributed by atoms with Crippen LogP contribution in [0.4, 0.5) is 0 Å². The standard InChI is InChI=1S/C22H39N5S.HI/c1-4-11-26-12-9-19(10-13-26)25-22(23-3)24-17-20(21-6-5-16-28-21)27-14-7-18(2)8-15-27;/h5-6,16,18-20H,4,7-15,17H2,1-3H3,(H2,23,24,25);1H. The van der Waals surface area contributed by atoms with Crippen LogP contribution in [-0.4, -0.2) is 68.1 Å². The molecule has 2 aliphatic heterocycles. The van der Waals surface area contributed by atoms with Gasteiger partial charge in [0.15, 0.2) is 5.96 Å². The number of likely N-dealkylation sites (tertiary alicyclic amines) is 2. The fraction of sp³-hybridized carbons (Fsp3) is 0.773. The van der Waals surface area contributed by atoms with Gasteiger partial charge in [-0.2, -0.15) is 0 Å². The van der Waals surface area contributed by atoms with E-state index in [2.05, 4.69) is 56.8 Å². The number of thiophene rings is 1. The van der Waals surface area contributed by atoms with Crippen molar-refractivity contribution in [3.05, 3.63) is 22.4 Å². The van der Waals surface area contributed by atoms with Gasteiger partial charge < -0.3 is 15.5 Å². The van der Waals surface area contributed by atoms with Crippen molar-refractivity contribution in [2.75, 3.05) is 46.3 Å². The number of halogens is 1. The van der Waals surface area contributed by atoms with Crippen LogP contribution in [0, 0.1) is 5.92 Å². The number of rotatable bonds is 7. The quantitative estimate of drug-likeness (QED) is 0.314. The lowest BCUT2D eigenvalue weighted by atomic mass is 9.97. The summed E-state index contributed by atoms with van der Waals surface area (Å²) in [6.45, 7) is 11.6. The van der Waals surface area contributed by atoms with Gasteiger partial charge in [-0.1, -0.05) is 19.9 Å². The molecule has 0 bridgehead atoms. The zero-order valence-corrected chi connectivity index (χ0v) is 21.5. The minimum Gasteiger partial charge on any atom is -0.354 e. The molecule has 1 aromatic rings. The first-order valence-corrected chi connectivity index (χ1v) is 12.0. The van der Waals surface area contributed by atoms with E-state index in [0.29, 0.717) is 12.1 Å². The van der Waals surface area contributed by atoms with E-state index in [4.69, 9.17) is 0 Å². The van der Waals surface area contributed by atoms with Gasteiger partial charge in [0.1, 0.15) is 0 Å². The van der Waals surface area contributed by atoms with Gasteiger partial charge in [0.25, 0.3) is 0 Å². The molecule has 3 rings (SSSR count). The van der Waals surface area contributed by atoms with Gasteiger partial charge in [-0.3, -0.25) is 9.89 Å². The molecular formula is C22H40IN5S. The molecule has 2 saturated heterocycles. The highest BCUT2D eigenvalue weighted by molar-refractivity contribution is 14.0. The van der Waals surface area contributed by atoms with Crippen molar-refractivity contribution in [2.45, 2.75) is 58.0 Å². The number of hydrogen-bond acceptors (Lipinski definition) is 4. The number of hydrogen-bond donors (Lipinski definition) is 2. The first-order valence-electron chi connectivity index (χ1n) is 11.2.